The van der Waals surface area contributed by atoms with Crippen molar-refractivity contribution in [2.24, 2.45) is 0 Å². The molecule has 12 heavy (non-hydrogen) atoms. The normalized spacial score (nSPS) is 12.8. The summed E-state index contributed by atoms with van der Waals surface area (Å²) in [5.41, 5.74) is 1.12. The summed E-state index contributed by atoms with van der Waals surface area (Å²) in [4.78, 5) is 4.02. The van der Waals surface area contributed by atoms with E-state index in [0.29, 0.717) is 5.75 Å². The third kappa shape index (κ3) is 3.45. The fourth-order valence-electron chi connectivity index (χ4n) is 0.854. The van der Waals surface area contributed by atoms with Gasteiger partial charge < -0.3 is 0 Å². The van der Waals surface area contributed by atoms with Crippen LogP contribution in [0.5, 0.6) is 0 Å². The van der Waals surface area contributed by atoms with Crippen molar-refractivity contribution in [3.8, 4) is 0 Å². The maximum atomic E-state index is 10.8. The Labute approximate surface area is 83.0 Å². The van der Waals surface area contributed by atoms with Gasteiger partial charge in [-0.05, 0) is 34.0 Å². The molecule has 1 aromatic heterocycles. The van der Waals surface area contributed by atoms with Gasteiger partial charge in [-0.25, -0.2) is 0 Å². The summed E-state index contributed by atoms with van der Waals surface area (Å²) in [6.45, 7) is 0. The van der Waals surface area contributed by atoms with E-state index in [0.717, 1.165) is 16.5 Å². The molecule has 2 nitrogen and oxygen atoms in total. The molecular weight excluding hydrogens is 238 g/mol. The predicted octanol–water partition coefficient (Wildman–Crippen LogP) is 1.77. The summed E-state index contributed by atoms with van der Waals surface area (Å²) >= 11 is 3.33. The smallest absolute Gasteiger partial charge is 0.0410 e. The molecule has 0 fully saturated rings. The number of pyridine rings is 1. The zero-order chi connectivity index (χ0) is 8.97. The van der Waals surface area contributed by atoms with E-state index in [9.17, 15) is 4.21 Å². The highest BCUT2D eigenvalue weighted by atomic mass is 79.9. The molecule has 0 bridgehead atoms. The number of nitrogens with zero attached hydrogens (tertiary/aromatic N) is 1. The molecular formula is C8H10BrNOS. The van der Waals surface area contributed by atoms with Crippen molar-refractivity contribution in [2.45, 2.75) is 6.42 Å². The van der Waals surface area contributed by atoms with Crippen LogP contribution in [-0.4, -0.2) is 21.2 Å². The Hall–Kier alpha value is -0.220. The second-order valence-electron chi connectivity index (χ2n) is 2.54. The molecule has 4 heteroatoms. The second-order valence-corrected chi connectivity index (χ2v) is 5.01. The molecule has 1 atom stereocenters. The molecule has 66 valence electrons. The van der Waals surface area contributed by atoms with Crippen LogP contribution in [0.3, 0.4) is 0 Å². The first-order chi connectivity index (χ1) is 5.68. The minimum atomic E-state index is -0.716. The lowest BCUT2D eigenvalue weighted by molar-refractivity contribution is 0.686. The number of aromatic nitrogens is 1. The third-order valence-electron chi connectivity index (χ3n) is 1.44. The largest absolute Gasteiger partial charge is 0.263 e. The molecule has 1 unspecified atom stereocenters. The third-order valence-corrected chi connectivity index (χ3v) is 2.65. The van der Waals surface area contributed by atoms with E-state index in [4.69, 9.17) is 0 Å². The molecule has 1 heterocycles. The Kier molecular flexibility index (Phi) is 3.88. The van der Waals surface area contributed by atoms with Crippen LogP contribution in [-0.2, 0) is 17.2 Å². The molecule has 0 saturated heterocycles. The summed E-state index contributed by atoms with van der Waals surface area (Å²) < 4.78 is 11.8. The molecule has 0 aromatic carbocycles. The lowest BCUT2D eigenvalue weighted by Gasteiger charge is -1.98. The highest BCUT2D eigenvalue weighted by Crippen LogP contribution is 2.09. The van der Waals surface area contributed by atoms with Gasteiger partial charge in [0.05, 0.1) is 0 Å². The molecule has 0 spiro atoms. The molecule has 0 aliphatic heterocycles. The minimum absolute atomic E-state index is 0.706. The Morgan fingerprint density at radius 1 is 1.58 bits per heavy atom. The van der Waals surface area contributed by atoms with Crippen LogP contribution in [0, 0.1) is 0 Å². The van der Waals surface area contributed by atoms with E-state index in [2.05, 4.69) is 20.9 Å². The van der Waals surface area contributed by atoms with Crippen LogP contribution >= 0.6 is 15.9 Å². The Morgan fingerprint density at radius 2 is 2.33 bits per heavy atom. The van der Waals surface area contributed by atoms with Crippen molar-refractivity contribution in [3.63, 3.8) is 0 Å². The van der Waals surface area contributed by atoms with E-state index in [1.165, 1.54) is 0 Å². The van der Waals surface area contributed by atoms with Crippen LogP contribution < -0.4 is 0 Å². The maximum absolute atomic E-state index is 10.8. The zero-order valence-electron chi connectivity index (χ0n) is 6.79. The first kappa shape index (κ1) is 9.86. The fraction of sp³-hybridized carbons (Fsp3) is 0.375. The number of hydrogen-bond acceptors (Lipinski definition) is 2. The van der Waals surface area contributed by atoms with E-state index >= 15 is 0 Å². The molecule has 1 aromatic rings. The van der Waals surface area contributed by atoms with Gasteiger partial charge in [0.25, 0.3) is 0 Å². The topological polar surface area (TPSA) is 30.0 Å². The van der Waals surface area contributed by atoms with Crippen molar-refractivity contribution < 1.29 is 4.21 Å². The van der Waals surface area contributed by atoms with Crippen LogP contribution in [0.15, 0.2) is 22.9 Å². The first-order valence-corrected chi connectivity index (χ1v) is 6.10. The standard InChI is InChI=1S/C8H10BrNOS/c1-12(11)3-2-7-4-8(9)6-10-5-7/h4-6H,2-3H2,1H3. The minimum Gasteiger partial charge on any atom is -0.263 e. The van der Waals surface area contributed by atoms with Gasteiger partial charge in [-0.3, -0.25) is 9.19 Å². The van der Waals surface area contributed by atoms with Gasteiger partial charge in [0, 0.05) is 39.7 Å². The van der Waals surface area contributed by atoms with E-state index in [1.54, 1.807) is 18.6 Å². The maximum Gasteiger partial charge on any atom is 0.0410 e. The van der Waals surface area contributed by atoms with E-state index < -0.39 is 10.8 Å². The highest BCUT2D eigenvalue weighted by Gasteiger charge is 1.96. The SMILES string of the molecule is CS(=O)CCc1cncc(Br)c1. The molecule has 0 saturated carbocycles. The Morgan fingerprint density at radius 3 is 2.92 bits per heavy atom. The van der Waals surface area contributed by atoms with E-state index in [1.807, 2.05) is 6.07 Å². The number of halogens is 1. The van der Waals surface area contributed by atoms with Crippen molar-refractivity contribution in [1.29, 1.82) is 0 Å². The lowest BCUT2D eigenvalue weighted by Crippen LogP contribution is -1.98. The number of hydrogen-bond donors (Lipinski definition) is 0. The van der Waals surface area contributed by atoms with Crippen LogP contribution in [0.2, 0.25) is 0 Å². The van der Waals surface area contributed by atoms with E-state index in [-0.39, 0.29) is 0 Å². The molecule has 0 amide bonds. The number of rotatable bonds is 3. The molecule has 0 aliphatic carbocycles. The fourth-order valence-corrected chi connectivity index (χ4v) is 1.79. The molecule has 0 aliphatic rings. The van der Waals surface area contributed by atoms with Gasteiger partial charge in [-0.1, -0.05) is 0 Å². The van der Waals surface area contributed by atoms with Crippen LogP contribution in [0.1, 0.15) is 5.56 Å². The summed E-state index contributed by atoms with van der Waals surface area (Å²) in [5.74, 6) is 0.706. The molecule has 0 N–H and O–H groups in total. The van der Waals surface area contributed by atoms with Gasteiger partial charge >= 0.3 is 0 Å². The van der Waals surface area contributed by atoms with Crippen molar-refractivity contribution >= 4 is 26.7 Å². The van der Waals surface area contributed by atoms with Gasteiger partial charge in [-0.2, -0.15) is 0 Å². The Bertz CT molecular complexity index is 290. The van der Waals surface area contributed by atoms with Crippen LogP contribution in [0.25, 0.3) is 0 Å². The van der Waals surface area contributed by atoms with Gasteiger partial charge in [-0.15, -0.1) is 0 Å². The average Bonchev–Trinajstić information content (AvgIpc) is 2.01. The van der Waals surface area contributed by atoms with Gasteiger partial charge in [0.1, 0.15) is 0 Å². The van der Waals surface area contributed by atoms with Crippen molar-refractivity contribution in [1.82, 2.24) is 4.98 Å². The number of aryl methyl sites for hydroxylation is 1. The van der Waals surface area contributed by atoms with Gasteiger partial charge in [0.15, 0.2) is 0 Å². The summed E-state index contributed by atoms with van der Waals surface area (Å²) in [6.07, 6.45) is 6.09. The summed E-state index contributed by atoms with van der Waals surface area (Å²) in [5, 5.41) is 0. The first-order valence-electron chi connectivity index (χ1n) is 3.58. The quantitative estimate of drug-likeness (QED) is 0.815. The summed E-state index contributed by atoms with van der Waals surface area (Å²) in [7, 11) is -0.716. The Balaban J connectivity index is 2.57. The molecule has 1 rings (SSSR count). The highest BCUT2D eigenvalue weighted by molar-refractivity contribution is 9.10. The second kappa shape index (κ2) is 4.72. The monoisotopic (exact) mass is 247 g/mol. The lowest BCUT2D eigenvalue weighted by atomic mass is 10.2. The van der Waals surface area contributed by atoms with Crippen LogP contribution in [0.4, 0.5) is 0 Å². The predicted molar refractivity (Wildman–Crippen MR) is 54.6 cm³/mol. The average molecular weight is 248 g/mol. The van der Waals surface area contributed by atoms with Crippen molar-refractivity contribution in [3.05, 3.63) is 28.5 Å². The van der Waals surface area contributed by atoms with Crippen molar-refractivity contribution in [2.75, 3.05) is 12.0 Å². The molecule has 0 radical (unpaired) electrons. The summed E-state index contributed by atoms with van der Waals surface area (Å²) in [6, 6.07) is 2.00. The van der Waals surface area contributed by atoms with Gasteiger partial charge in [0.2, 0.25) is 0 Å². The zero-order valence-corrected chi connectivity index (χ0v) is 9.19.